The lowest BCUT2D eigenvalue weighted by Gasteiger charge is -2.28. The highest BCUT2D eigenvalue weighted by Gasteiger charge is 2.15. The number of hydrogen-bond acceptors (Lipinski definition) is 5. The Bertz CT molecular complexity index is 704. The van der Waals surface area contributed by atoms with Gasteiger partial charge < -0.3 is 4.90 Å². The molecule has 0 atom stereocenters. The average molecular weight is 319 g/mol. The molecule has 0 spiro atoms. The maximum atomic E-state index is 14.4. The van der Waals surface area contributed by atoms with Crippen LogP contribution in [0.2, 0.25) is 0 Å². The smallest absolute Gasteiger partial charge is 0.148 e. The van der Waals surface area contributed by atoms with E-state index in [-0.39, 0.29) is 12.4 Å². The summed E-state index contributed by atoms with van der Waals surface area (Å²) in [7, 11) is 0. The largest absolute Gasteiger partial charge is 0.368 e. The van der Waals surface area contributed by atoms with Crippen LogP contribution in [0.3, 0.4) is 0 Å². The van der Waals surface area contributed by atoms with E-state index in [1.165, 1.54) is 10.7 Å². The second kappa shape index (κ2) is 6.67. The Labute approximate surface area is 130 Å². The van der Waals surface area contributed by atoms with Crippen LogP contribution in [0.1, 0.15) is 5.69 Å². The molecule has 1 aliphatic rings. The van der Waals surface area contributed by atoms with Crippen LogP contribution >= 0.6 is 11.8 Å². The molecule has 2 heterocycles. The summed E-state index contributed by atoms with van der Waals surface area (Å²) in [5.74, 6) is 1.77. The van der Waals surface area contributed by atoms with Gasteiger partial charge in [-0.2, -0.15) is 11.8 Å². The van der Waals surface area contributed by atoms with E-state index in [2.05, 4.69) is 25.2 Å². The standard InChI is InChI=1S/C13H14FN7S/c14-12-7-11(21-9-10(17-19-21)8-16-18-15)1-2-13(12)20-3-5-22-6-4-20/h1-2,7,9H,3-6,8H2. The van der Waals surface area contributed by atoms with E-state index in [4.69, 9.17) is 5.53 Å². The number of thioether (sulfide) groups is 1. The molecular weight excluding hydrogens is 305 g/mol. The number of rotatable bonds is 4. The third kappa shape index (κ3) is 3.15. The fourth-order valence-corrected chi connectivity index (χ4v) is 3.20. The molecule has 0 bridgehead atoms. The Morgan fingerprint density at radius 3 is 2.91 bits per heavy atom. The van der Waals surface area contributed by atoms with Gasteiger partial charge in [0, 0.05) is 35.6 Å². The zero-order valence-electron chi connectivity index (χ0n) is 11.8. The molecule has 0 amide bonds. The maximum absolute atomic E-state index is 14.4. The average Bonchev–Trinajstić information content (AvgIpc) is 3.02. The normalized spacial score (nSPS) is 14.7. The highest BCUT2D eigenvalue weighted by Crippen LogP contribution is 2.24. The summed E-state index contributed by atoms with van der Waals surface area (Å²) in [6.07, 6.45) is 1.63. The summed E-state index contributed by atoms with van der Waals surface area (Å²) in [6, 6.07) is 5.03. The first kappa shape index (κ1) is 14.7. The van der Waals surface area contributed by atoms with Gasteiger partial charge in [-0.1, -0.05) is 10.3 Å². The van der Waals surface area contributed by atoms with Gasteiger partial charge in [-0.3, -0.25) is 0 Å². The van der Waals surface area contributed by atoms with Crippen LogP contribution < -0.4 is 4.90 Å². The summed E-state index contributed by atoms with van der Waals surface area (Å²) < 4.78 is 15.8. The molecule has 2 aromatic rings. The SMILES string of the molecule is [N-]=[N+]=NCc1cn(-c2ccc(N3CCSCC3)c(F)c2)nn1. The third-order valence-corrected chi connectivity index (χ3v) is 4.33. The monoisotopic (exact) mass is 319 g/mol. The Balaban J connectivity index is 1.81. The van der Waals surface area contributed by atoms with Gasteiger partial charge in [0.1, 0.15) is 5.82 Å². The quantitative estimate of drug-likeness (QED) is 0.493. The fraction of sp³-hybridized carbons (Fsp3) is 0.385. The molecule has 22 heavy (non-hydrogen) atoms. The lowest BCUT2D eigenvalue weighted by molar-refractivity contribution is 0.617. The van der Waals surface area contributed by atoms with E-state index in [0.29, 0.717) is 17.1 Å². The van der Waals surface area contributed by atoms with Gasteiger partial charge in [-0.05, 0) is 17.7 Å². The van der Waals surface area contributed by atoms with Crippen molar-refractivity contribution < 1.29 is 4.39 Å². The molecule has 7 nitrogen and oxygen atoms in total. The molecular formula is C13H14FN7S. The van der Waals surface area contributed by atoms with Crippen molar-refractivity contribution in [3.05, 3.63) is 46.3 Å². The molecule has 1 aliphatic heterocycles. The lowest BCUT2D eigenvalue weighted by atomic mass is 10.2. The Kier molecular flexibility index (Phi) is 4.45. The molecule has 0 N–H and O–H groups in total. The molecule has 9 heteroatoms. The van der Waals surface area contributed by atoms with E-state index in [9.17, 15) is 4.39 Å². The van der Waals surface area contributed by atoms with Crippen molar-refractivity contribution in [3.8, 4) is 5.69 Å². The summed E-state index contributed by atoms with van der Waals surface area (Å²) >= 11 is 1.89. The molecule has 0 aliphatic carbocycles. The van der Waals surface area contributed by atoms with E-state index in [0.717, 1.165) is 24.6 Å². The predicted molar refractivity (Wildman–Crippen MR) is 83.7 cm³/mol. The molecule has 1 saturated heterocycles. The Hall–Kier alpha value is -2.25. The molecule has 0 radical (unpaired) electrons. The van der Waals surface area contributed by atoms with Crippen LogP contribution in [0, 0.1) is 5.82 Å². The van der Waals surface area contributed by atoms with Crippen molar-refractivity contribution in [1.29, 1.82) is 0 Å². The minimum Gasteiger partial charge on any atom is -0.368 e. The Morgan fingerprint density at radius 2 is 2.18 bits per heavy atom. The van der Waals surface area contributed by atoms with Crippen LogP contribution in [0.15, 0.2) is 29.5 Å². The highest BCUT2D eigenvalue weighted by molar-refractivity contribution is 7.99. The number of anilines is 1. The van der Waals surface area contributed by atoms with Crippen molar-refractivity contribution >= 4 is 17.4 Å². The van der Waals surface area contributed by atoms with Gasteiger partial charge in [0.2, 0.25) is 0 Å². The maximum Gasteiger partial charge on any atom is 0.148 e. The number of aromatic nitrogens is 3. The molecule has 3 rings (SSSR count). The van der Waals surface area contributed by atoms with E-state index >= 15 is 0 Å². The second-order valence-corrected chi connectivity index (χ2v) is 6.00. The number of halogens is 1. The number of azide groups is 1. The van der Waals surface area contributed by atoms with Crippen molar-refractivity contribution in [2.75, 3.05) is 29.5 Å². The van der Waals surface area contributed by atoms with Gasteiger partial charge in [-0.25, -0.2) is 9.07 Å². The van der Waals surface area contributed by atoms with Crippen molar-refractivity contribution in [1.82, 2.24) is 15.0 Å². The first-order valence-corrected chi connectivity index (χ1v) is 7.98. The van der Waals surface area contributed by atoms with E-state index < -0.39 is 0 Å². The zero-order valence-corrected chi connectivity index (χ0v) is 12.6. The number of benzene rings is 1. The van der Waals surface area contributed by atoms with Gasteiger partial charge >= 0.3 is 0 Å². The predicted octanol–water partition coefficient (Wildman–Crippen LogP) is 2.77. The van der Waals surface area contributed by atoms with E-state index in [1.807, 2.05) is 17.8 Å². The molecule has 1 aromatic carbocycles. The molecule has 0 unspecified atom stereocenters. The van der Waals surface area contributed by atoms with Crippen LogP contribution in [0.4, 0.5) is 10.1 Å². The summed E-state index contributed by atoms with van der Waals surface area (Å²) in [5.41, 5.74) is 10.0. The summed E-state index contributed by atoms with van der Waals surface area (Å²) in [4.78, 5) is 4.73. The van der Waals surface area contributed by atoms with Crippen molar-refractivity contribution in [2.45, 2.75) is 6.54 Å². The van der Waals surface area contributed by atoms with Crippen LogP contribution in [0.5, 0.6) is 0 Å². The van der Waals surface area contributed by atoms with Gasteiger partial charge in [0.25, 0.3) is 0 Å². The second-order valence-electron chi connectivity index (χ2n) is 4.78. The van der Waals surface area contributed by atoms with Crippen molar-refractivity contribution in [3.63, 3.8) is 0 Å². The van der Waals surface area contributed by atoms with Crippen LogP contribution in [-0.2, 0) is 6.54 Å². The molecule has 1 fully saturated rings. The Morgan fingerprint density at radius 1 is 1.36 bits per heavy atom. The minimum absolute atomic E-state index is 0.127. The third-order valence-electron chi connectivity index (χ3n) is 3.38. The number of hydrogen-bond donors (Lipinski definition) is 0. The van der Waals surface area contributed by atoms with Gasteiger partial charge in [-0.15, -0.1) is 5.10 Å². The topological polar surface area (TPSA) is 82.7 Å². The van der Waals surface area contributed by atoms with Gasteiger partial charge in [0.05, 0.1) is 29.8 Å². The highest BCUT2D eigenvalue weighted by atomic mass is 32.2. The minimum atomic E-state index is -0.267. The summed E-state index contributed by atoms with van der Waals surface area (Å²) in [6.45, 7) is 1.85. The van der Waals surface area contributed by atoms with Crippen molar-refractivity contribution in [2.24, 2.45) is 5.11 Å². The van der Waals surface area contributed by atoms with Gasteiger partial charge in [0.15, 0.2) is 0 Å². The molecule has 114 valence electrons. The number of nitrogens with zero attached hydrogens (tertiary/aromatic N) is 7. The van der Waals surface area contributed by atoms with Crippen LogP contribution in [-0.4, -0.2) is 39.6 Å². The van der Waals surface area contributed by atoms with Crippen LogP contribution in [0.25, 0.3) is 16.1 Å². The lowest BCUT2D eigenvalue weighted by Crippen LogP contribution is -2.33. The molecule has 1 aromatic heterocycles. The fourth-order valence-electron chi connectivity index (χ4n) is 2.30. The zero-order chi connectivity index (χ0) is 15.4. The molecule has 0 saturated carbocycles. The first-order valence-electron chi connectivity index (χ1n) is 6.82. The first-order chi connectivity index (χ1) is 10.8. The summed E-state index contributed by atoms with van der Waals surface area (Å²) in [5, 5.41) is 11.2. The van der Waals surface area contributed by atoms with E-state index in [1.54, 1.807) is 12.3 Å².